The fourth-order valence-corrected chi connectivity index (χ4v) is 2.96. The van der Waals surface area contributed by atoms with Crippen molar-refractivity contribution in [2.24, 2.45) is 5.73 Å². The van der Waals surface area contributed by atoms with Gasteiger partial charge in [0.05, 0.1) is 0 Å². The molecule has 1 aromatic carbocycles. The van der Waals surface area contributed by atoms with Crippen LogP contribution in [0, 0.1) is 0 Å². The first-order valence-electron chi connectivity index (χ1n) is 7.20. The van der Waals surface area contributed by atoms with Crippen LogP contribution in [0.1, 0.15) is 36.0 Å². The van der Waals surface area contributed by atoms with Crippen LogP contribution in [0.15, 0.2) is 18.2 Å². The summed E-state index contributed by atoms with van der Waals surface area (Å²) < 4.78 is 10.6. The second kappa shape index (κ2) is 7.00. The molecule has 1 fully saturated rings. The lowest BCUT2D eigenvalue weighted by atomic mass is 9.98. The molecule has 1 atom stereocenters. The maximum atomic E-state index is 12.7. The summed E-state index contributed by atoms with van der Waals surface area (Å²) in [4.78, 5) is 14.6. The third kappa shape index (κ3) is 3.24. The molecule has 0 saturated carbocycles. The molecule has 0 aliphatic carbocycles. The zero-order valence-electron chi connectivity index (χ0n) is 11.9. The van der Waals surface area contributed by atoms with E-state index in [1.165, 1.54) is 6.42 Å². The number of rotatable bonds is 3. The van der Waals surface area contributed by atoms with E-state index >= 15 is 0 Å². The molecule has 1 saturated heterocycles. The van der Waals surface area contributed by atoms with Gasteiger partial charge in [-0.2, -0.15) is 0 Å². The Kier molecular flexibility index (Phi) is 5.31. The Morgan fingerprint density at radius 1 is 1.29 bits per heavy atom. The Morgan fingerprint density at radius 2 is 2.10 bits per heavy atom. The van der Waals surface area contributed by atoms with Gasteiger partial charge >= 0.3 is 0 Å². The van der Waals surface area contributed by atoms with Crippen LogP contribution in [0.3, 0.4) is 0 Å². The van der Waals surface area contributed by atoms with Gasteiger partial charge in [0.1, 0.15) is 0 Å². The largest absolute Gasteiger partial charge is 0.454 e. The molecule has 1 aromatic rings. The lowest BCUT2D eigenvalue weighted by molar-refractivity contribution is 0.0604. The van der Waals surface area contributed by atoms with Crippen LogP contribution in [0.4, 0.5) is 0 Å². The minimum Gasteiger partial charge on any atom is -0.454 e. The van der Waals surface area contributed by atoms with Crippen molar-refractivity contribution in [2.75, 3.05) is 19.9 Å². The van der Waals surface area contributed by atoms with Crippen molar-refractivity contribution in [3.63, 3.8) is 0 Å². The van der Waals surface area contributed by atoms with Crippen LogP contribution >= 0.6 is 12.4 Å². The van der Waals surface area contributed by atoms with E-state index in [1.807, 2.05) is 11.0 Å². The number of amides is 1. The van der Waals surface area contributed by atoms with Gasteiger partial charge in [0.15, 0.2) is 11.5 Å². The maximum Gasteiger partial charge on any atom is 0.254 e. The molecule has 0 aromatic heterocycles. The predicted molar refractivity (Wildman–Crippen MR) is 82.2 cm³/mol. The van der Waals surface area contributed by atoms with E-state index in [2.05, 4.69) is 0 Å². The van der Waals surface area contributed by atoms with Gasteiger partial charge in [-0.25, -0.2) is 0 Å². The lowest BCUT2D eigenvalue weighted by Crippen LogP contribution is -2.44. The van der Waals surface area contributed by atoms with E-state index in [1.54, 1.807) is 12.1 Å². The highest BCUT2D eigenvalue weighted by Gasteiger charge is 2.27. The maximum absolute atomic E-state index is 12.7. The molecule has 116 valence electrons. The SMILES string of the molecule is Cl.NCCC1CCCCN1C(=O)c1ccc2c(c1)OCO2. The van der Waals surface area contributed by atoms with E-state index in [9.17, 15) is 4.79 Å². The first-order valence-corrected chi connectivity index (χ1v) is 7.20. The third-order valence-electron chi connectivity index (χ3n) is 4.01. The fraction of sp³-hybridized carbons (Fsp3) is 0.533. The molecule has 2 heterocycles. The zero-order chi connectivity index (χ0) is 13.9. The van der Waals surface area contributed by atoms with Gasteiger partial charge in [0.2, 0.25) is 6.79 Å². The van der Waals surface area contributed by atoms with Crippen molar-refractivity contribution in [1.82, 2.24) is 4.90 Å². The van der Waals surface area contributed by atoms with E-state index in [0.717, 1.165) is 25.8 Å². The van der Waals surface area contributed by atoms with Crippen molar-refractivity contribution in [3.05, 3.63) is 23.8 Å². The van der Waals surface area contributed by atoms with Gasteiger partial charge in [0, 0.05) is 18.2 Å². The molecule has 6 heteroatoms. The summed E-state index contributed by atoms with van der Waals surface area (Å²) in [5, 5.41) is 0. The van der Waals surface area contributed by atoms with Gasteiger partial charge in [-0.3, -0.25) is 4.79 Å². The van der Waals surface area contributed by atoms with Crippen molar-refractivity contribution in [3.8, 4) is 11.5 Å². The minimum atomic E-state index is 0. The number of ether oxygens (including phenoxy) is 2. The van der Waals surface area contributed by atoms with E-state index < -0.39 is 0 Å². The number of hydrogen-bond acceptors (Lipinski definition) is 4. The van der Waals surface area contributed by atoms with Crippen molar-refractivity contribution in [1.29, 1.82) is 0 Å². The summed E-state index contributed by atoms with van der Waals surface area (Å²) in [6.07, 6.45) is 4.16. The number of nitrogens with two attached hydrogens (primary N) is 1. The number of carbonyl (C=O) groups is 1. The summed E-state index contributed by atoms with van der Waals surface area (Å²) in [6.45, 7) is 1.67. The van der Waals surface area contributed by atoms with Crippen LogP contribution in [0.2, 0.25) is 0 Å². The zero-order valence-corrected chi connectivity index (χ0v) is 12.7. The Balaban J connectivity index is 0.00000161. The topological polar surface area (TPSA) is 64.8 Å². The number of piperidine rings is 1. The summed E-state index contributed by atoms with van der Waals surface area (Å²) in [7, 11) is 0. The van der Waals surface area contributed by atoms with Crippen molar-refractivity contribution >= 4 is 18.3 Å². The standard InChI is InChI=1S/C15H20N2O3.ClH/c16-7-6-12-3-1-2-8-17(12)15(18)11-4-5-13-14(9-11)20-10-19-13;/h4-5,9,12H,1-3,6-8,10,16H2;1H. The van der Waals surface area contributed by atoms with Gasteiger partial charge in [0.25, 0.3) is 5.91 Å². The molecule has 1 unspecified atom stereocenters. The number of benzene rings is 1. The Hall–Kier alpha value is -1.46. The van der Waals surface area contributed by atoms with Crippen molar-refractivity contribution in [2.45, 2.75) is 31.7 Å². The average molecular weight is 313 g/mol. The quantitative estimate of drug-likeness (QED) is 0.929. The average Bonchev–Trinajstić information content (AvgIpc) is 2.95. The lowest BCUT2D eigenvalue weighted by Gasteiger charge is -2.35. The fourth-order valence-electron chi connectivity index (χ4n) is 2.96. The molecular weight excluding hydrogens is 292 g/mol. The molecule has 5 nitrogen and oxygen atoms in total. The molecule has 2 N–H and O–H groups in total. The van der Waals surface area contributed by atoms with Crippen LogP contribution in [0.5, 0.6) is 11.5 Å². The summed E-state index contributed by atoms with van der Waals surface area (Å²) in [5.41, 5.74) is 6.32. The molecule has 0 spiro atoms. The van der Waals surface area contributed by atoms with Gasteiger partial charge in [-0.05, 0) is 50.4 Å². The number of halogens is 1. The first-order chi connectivity index (χ1) is 9.79. The molecule has 0 radical (unpaired) electrons. The van der Waals surface area contributed by atoms with Gasteiger partial charge < -0.3 is 20.1 Å². The van der Waals surface area contributed by atoms with E-state index in [0.29, 0.717) is 23.6 Å². The normalized spacial score (nSPS) is 20.0. The first kappa shape index (κ1) is 15.9. The number of carbonyl (C=O) groups excluding carboxylic acids is 1. The molecular formula is C15H21ClN2O3. The molecule has 21 heavy (non-hydrogen) atoms. The number of fused-ring (bicyclic) bond motifs is 1. The number of hydrogen-bond donors (Lipinski definition) is 1. The van der Waals surface area contributed by atoms with Crippen LogP contribution in [0.25, 0.3) is 0 Å². The molecule has 2 aliphatic heterocycles. The summed E-state index contributed by atoms with van der Waals surface area (Å²) in [5.74, 6) is 1.43. The Bertz CT molecular complexity index is 508. The Morgan fingerprint density at radius 3 is 2.90 bits per heavy atom. The number of nitrogens with zero attached hydrogens (tertiary/aromatic N) is 1. The minimum absolute atomic E-state index is 0. The van der Waals surface area contributed by atoms with Crippen LogP contribution < -0.4 is 15.2 Å². The summed E-state index contributed by atoms with van der Waals surface area (Å²) >= 11 is 0. The predicted octanol–water partition coefficient (Wildman–Crippen LogP) is 2.18. The van der Waals surface area contributed by atoms with Crippen LogP contribution in [-0.4, -0.2) is 36.7 Å². The van der Waals surface area contributed by atoms with Crippen LogP contribution in [-0.2, 0) is 0 Å². The second-order valence-corrected chi connectivity index (χ2v) is 5.29. The molecule has 2 aliphatic rings. The smallest absolute Gasteiger partial charge is 0.254 e. The molecule has 3 rings (SSSR count). The molecule has 0 bridgehead atoms. The summed E-state index contributed by atoms with van der Waals surface area (Å²) in [6, 6.07) is 5.66. The van der Waals surface area contributed by atoms with E-state index in [4.69, 9.17) is 15.2 Å². The van der Waals surface area contributed by atoms with Gasteiger partial charge in [-0.1, -0.05) is 0 Å². The third-order valence-corrected chi connectivity index (χ3v) is 4.01. The monoisotopic (exact) mass is 312 g/mol. The number of likely N-dealkylation sites (tertiary alicyclic amines) is 1. The molecule has 1 amide bonds. The highest BCUT2D eigenvalue weighted by Crippen LogP contribution is 2.33. The van der Waals surface area contributed by atoms with Gasteiger partial charge in [-0.15, -0.1) is 12.4 Å². The highest BCUT2D eigenvalue weighted by atomic mass is 35.5. The van der Waals surface area contributed by atoms with E-state index in [-0.39, 0.29) is 31.1 Å². The second-order valence-electron chi connectivity index (χ2n) is 5.29. The Labute approximate surface area is 130 Å². The van der Waals surface area contributed by atoms with Crippen molar-refractivity contribution < 1.29 is 14.3 Å². The highest BCUT2D eigenvalue weighted by molar-refractivity contribution is 5.95.